The monoisotopic (exact) mass is 313 g/mol. The first-order valence-electron chi connectivity index (χ1n) is 7.31. The predicted octanol–water partition coefficient (Wildman–Crippen LogP) is 1.31. The second kappa shape index (κ2) is 7.68. The summed E-state index contributed by atoms with van der Waals surface area (Å²) >= 11 is 0. The average molecular weight is 313 g/mol. The van der Waals surface area contributed by atoms with Crippen molar-refractivity contribution in [2.45, 2.75) is 33.1 Å². The highest BCUT2D eigenvalue weighted by molar-refractivity contribution is 5.36. The molecule has 0 spiro atoms. The first-order valence-corrected chi connectivity index (χ1v) is 7.31. The van der Waals surface area contributed by atoms with Gasteiger partial charge in [0, 0.05) is 0 Å². The Bertz CT molecular complexity index is 763. The zero-order valence-corrected chi connectivity index (χ0v) is 13.2. The summed E-state index contributed by atoms with van der Waals surface area (Å²) in [7, 11) is 0. The Kier molecular flexibility index (Phi) is 5.63. The fourth-order valence-corrected chi connectivity index (χ4v) is 2.17. The van der Waals surface area contributed by atoms with E-state index in [0.29, 0.717) is 17.9 Å². The maximum absolute atomic E-state index is 12.1. The standard InChI is InChI=1S/C17H19N3O3/c1-12-13(2)19-20(17(22)16(12)8-18)9-15(21)11-23-10-14-6-4-3-5-7-14/h3-7,15,21H,9-11H2,1-2H3. The largest absolute Gasteiger partial charge is 0.389 e. The second-order valence-corrected chi connectivity index (χ2v) is 5.34. The first kappa shape index (κ1) is 16.9. The predicted molar refractivity (Wildman–Crippen MR) is 84.8 cm³/mol. The molecule has 23 heavy (non-hydrogen) atoms. The van der Waals surface area contributed by atoms with E-state index in [4.69, 9.17) is 10.00 Å². The van der Waals surface area contributed by atoms with Gasteiger partial charge in [-0.3, -0.25) is 4.79 Å². The van der Waals surface area contributed by atoms with Crippen LogP contribution in [0.4, 0.5) is 0 Å². The third-order valence-corrected chi connectivity index (χ3v) is 3.55. The lowest BCUT2D eigenvalue weighted by atomic mass is 10.1. The number of benzene rings is 1. The van der Waals surface area contributed by atoms with Gasteiger partial charge in [-0.2, -0.15) is 10.4 Å². The molecule has 0 amide bonds. The third kappa shape index (κ3) is 4.25. The quantitative estimate of drug-likeness (QED) is 0.868. The van der Waals surface area contributed by atoms with Gasteiger partial charge < -0.3 is 9.84 Å². The number of ether oxygens (including phenoxy) is 1. The van der Waals surface area contributed by atoms with Crippen molar-refractivity contribution in [2.75, 3.05) is 6.61 Å². The minimum Gasteiger partial charge on any atom is -0.389 e. The Hall–Kier alpha value is -2.49. The van der Waals surface area contributed by atoms with Gasteiger partial charge in [0.05, 0.1) is 31.6 Å². The van der Waals surface area contributed by atoms with E-state index in [0.717, 1.165) is 10.2 Å². The lowest BCUT2D eigenvalue weighted by Gasteiger charge is -2.14. The van der Waals surface area contributed by atoms with E-state index >= 15 is 0 Å². The molecule has 0 saturated carbocycles. The van der Waals surface area contributed by atoms with Crippen LogP contribution < -0.4 is 5.56 Å². The number of rotatable bonds is 6. The number of nitriles is 1. The van der Waals surface area contributed by atoms with Crippen LogP contribution in [0, 0.1) is 25.2 Å². The number of aryl methyl sites for hydroxylation is 1. The Morgan fingerprint density at radius 3 is 2.70 bits per heavy atom. The number of aliphatic hydroxyl groups excluding tert-OH is 1. The number of aromatic nitrogens is 2. The van der Waals surface area contributed by atoms with Gasteiger partial charge in [0.1, 0.15) is 11.6 Å². The maximum atomic E-state index is 12.1. The topological polar surface area (TPSA) is 88.1 Å². The van der Waals surface area contributed by atoms with Gasteiger partial charge in [0.2, 0.25) is 0 Å². The second-order valence-electron chi connectivity index (χ2n) is 5.34. The SMILES string of the molecule is Cc1nn(CC(O)COCc2ccccc2)c(=O)c(C#N)c1C. The van der Waals surface area contributed by atoms with Gasteiger partial charge in [-0.05, 0) is 25.0 Å². The van der Waals surface area contributed by atoms with E-state index < -0.39 is 11.7 Å². The normalized spacial score (nSPS) is 11.9. The highest BCUT2D eigenvalue weighted by atomic mass is 16.5. The van der Waals surface area contributed by atoms with Crippen LogP contribution >= 0.6 is 0 Å². The van der Waals surface area contributed by atoms with Crippen molar-refractivity contribution in [3.05, 3.63) is 63.1 Å². The Morgan fingerprint density at radius 2 is 2.04 bits per heavy atom. The summed E-state index contributed by atoms with van der Waals surface area (Å²) in [5, 5.41) is 23.2. The Balaban J connectivity index is 1.98. The molecule has 0 aliphatic rings. The van der Waals surface area contributed by atoms with E-state index in [-0.39, 0.29) is 18.7 Å². The number of hydrogen-bond donors (Lipinski definition) is 1. The van der Waals surface area contributed by atoms with Crippen LogP contribution in [0.2, 0.25) is 0 Å². The van der Waals surface area contributed by atoms with E-state index in [1.165, 1.54) is 0 Å². The highest BCUT2D eigenvalue weighted by Gasteiger charge is 2.14. The van der Waals surface area contributed by atoms with Crippen LogP contribution in [0.5, 0.6) is 0 Å². The van der Waals surface area contributed by atoms with E-state index in [1.54, 1.807) is 13.8 Å². The van der Waals surface area contributed by atoms with Gasteiger partial charge in [-0.15, -0.1) is 0 Å². The lowest BCUT2D eigenvalue weighted by Crippen LogP contribution is -2.33. The molecule has 0 aliphatic carbocycles. The number of nitrogens with zero attached hydrogens (tertiary/aromatic N) is 3. The van der Waals surface area contributed by atoms with Crippen LogP contribution in [-0.2, 0) is 17.9 Å². The minimum atomic E-state index is -0.877. The van der Waals surface area contributed by atoms with Crippen molar-refractivity contribution in [1.29, 1.82) is 5.26 Å². The molecule has 1 unspecified atom stereocenters. The van der Waals surface area contributed by atoms with Gasteiger partial charge >= 0.3 is 0 Å². The fraction of sp³-hybridized carbons (Fsp3) is 0.353. The van der Waals surface area contributed by atoms with E-state index in [2.05, 4.69) is 5.10 Å². The summed E-state index contributed by atoms with van der Waals surface area (Å²) in [4.78, 5) is 12.1. The molecule has 1 aromatic carbocycles. The molecular weight excluding hydrogens is 294 g/mol. The lowest BCUT2D eigenvalue weighted by molar-refractivity contribution is 0.0179. The number of hydrogen-bond acceptors (Lipinski definition) is 5. The third-order valence-electron chi connectivity index (χ3n) is 3.55. The van der Waals surface area contributed by atoms with Crippen LogP contribution in [0.1, 0.15) is 22.4 Å². The van der Waals surface area contributed by atoms with Crippen molar-refractivity contribution in [1.82, 2.24) is 9.78 Å². The molecule has 120 valence electrons. The molecule has 1 atom stereocenters. The molecule has 0 bridgehead atoms. The van der Waals surface area contributed by atoms with Crippen molar-refractivity contribution in [3.63, 3.8) is 0 Å². The molecular formula is C17H19N3O3. The number of aliphatic hydroxyl groups is 1. The minimum absolute atomic E-state index is 0.0105. The molecule has 0 radical (unpaired) electrons. The van der Waals surface area contributed by atoms with Crippen LogP contribution in [-0.4, -0.2) is 27.6 Å². The first-order chi connectivity index (χ1) is 11.0. The molecule has 0 saturated heterocycles. The van der Waals surface area contributed by atoms with E-state index in [1.807, 2.05) is 36.4 Å². The molecule has 0 aliphatic heterocycles. The zero-order valence-electron chi connectivity index (χ0n) is 13.2. The zero-order chi connectivity index (χ0) is 16.8. The highest BCUT2D eigenvalue weighted by Crippen LogP contribution is 2.05. The summed E-state index contributed by atoms with van der Waals surface area (Å²) in [5.74, 6) is 0. The molecule has 2 rings (SSSR count). The molecule has 1 N–H and O–H groups in total. The van der Waals surface area contributed by atoms with Crippen LogP contribution in [0.3, 0.4) is 0 Å². The molecule has 6 heteroatoms. The van der Waals surface area contributed by atoms with Crippen LogP contribution in [0.15, 0.2) is 35.1 Å². The van der Waals surface area contributed by atoms with Crippen molar-refractivity contribution in [3.8, 4) is 6.07 Å². The Labute approximate surface area is 134 Å². The fourth-order valence-electron chi connectivity index (χ4n) is 2.17. The average Bonchev–Trinajstić information content (AvgIpc) is 2.54. The summed E-state index contributed by atoms with van der Waals surface area (Å²) in [6.45, 7) is 3.87. The van der Waals surface area contributed by atoms with Crippen LogP contribution in [0.25, 0.3) is 0 Å². The summed E-state index contributed by atoms with van der Waals surface area (Å²) < 4.78 is 6.57. The van der Waals surface area contributed by atoms with Crippen molar-refractivity contribution >= 4 is 0 Å². The van der Waals surface area contributed by atoms with E-state index in [9.17, 15) is 9.90 Å². The molecule has 1 aromatic heterocycles. The molecule has 0 fully saturated rings. The summed E-state index contributed by atoms with van der Waals surface area (Å²) in [6.07, 6.45) is -0.877. The van der Waals surface area contributed by atoms with Gasteiger partial charge in [0.15, 0.2) is 0 Å². The maximum Gasteiger partial charge on any atom is 0.285 e. The molecule has 6 nitrogen and oxygen atoms in total. The van der Waals surface area contributed by atoms with Crippen molar-refractivity contribution in [2.24, 2.45) is 0 Å². The summed E-state index contributed by atoms with van der Waals surface area (Å²) in [6, 6.07) is 11.5. The van der Waals surface area contributed by atoms with Gasteiger partial charge in [0.25, 0.3) is 5.56 Å². The van der Waals surface area contributed by atoms with Gasteiger partial charge in [-0.1, -0.05) is 30.3 Å². The van der Waals surface area contributed by atoms with Gasteiger partial charge in [-0.25, -0.2) is 4.68 Å². The van der Waals surface area contributed by atoms with Crippen molar-refractivity contribution < 1.29 is 9.84 Å². The molecule has 1 heterocycles. The summed E-state index contributed by atoms with van der Waals surface area (Å²) in [5.41, 5.74) is 1.75. The molecule has 2 aromatic rings. The smallest absolute Gasteiger partial charge is 0.285 e. The Morgan fingerprint density at radius 1 is 1.35 bits per heavy atom.